The lowest BCUT2D eigenvalue weighted by Crippen LogP contribution is -2.27. The Morgan fingerprint density at radius 3 is 2.55 bits per heavy atom. The van der Waals surface area contributed by atoms with E-state index in [-0.39, 0.29) is 18.6 Å². The molecule has 0 aromatic heterocycles. The van der Waals surface area contributed by atoms with Crippen molar-refractivity contribution in [2.45, 2.75) is 19.6 Å². The molecule has 2 saturated heterocycles. The van der Waals surface area contributed by atoms with Gasteiger partial charge in [0, 0.05) is 6.54 Å². The Kier molecular flexibility index (Phi) is 5.00. The van der Waals surface area contributed by atoms with Crippen LogP contribution < -0.4 is 14.5 Å². The topological polar surface area (TPSA) is 62.3 Å². The van der Waals surface area contributed by atoms with Crippen LogP contribution in [0.2, 0.25) is 0 Å². The Morgan fingerprint density at radius 2 is 1.93 bits per heavy atom. The number of amides is 2. The lowest BCUT2D eigenvalue weighted by atomic mass is 10.2. The molecule has 7 nitrogen and oxygen atoms in total. The van der Waals surface area contributed by atoms with Gasteiger partial charge < -0.3 is 19.3 Å². The van der Waals surface area contributed by atoms with Crippen LogP contribution in [-0.4, -0.2) is 49.9 Å². The molecule has 2 aromatic rings. The number of carbonyl (C=O) groups is 2. The minimum absolute atomic E-state index is 0.0683. The van der Waals surface area contributed by atoms with Gasteiger partial charge in [0.2, 0.25) is 5.91 Å². The van der Waals surface area contributed by atoms with Crippen molar-refractivity contribution in [2.75, 3.05) is 36.7 Å². The SMILES string of the molecule is COc1ccc(CN2CN(c3ccc(N4CC(C)OC4=O)cc3F)CC2=O)cc1. The number of halogens is 1. The number of hydrogen-bond acceptors (Lipinski definition) is 5. The van der Waals surface area contributed by atoms with Crippen LogP contribution in [0.3, 0.4) is 0 Å². The van der Waals surface area contributed by atoms with Gasteiger partial charge in [-0.25, -0.2) is 9.18 Å². The van der Waals surface area contributed by atoms with Crippen LogP contribution in [0.1, 0.15) is 12.5 Å². The van der Waals surface area contributed by atoms with E-state index in [1.807, 2.05) is 24.3 Å². The number of ether oxygens (including phenoxy) is 2. The van der Waals surface area contributed by atoms with E-state index < -0.39 is 11.9 Å². The summed E-state index contributed by atoms with van der Waals surface area (Å²) in [5, 5.41) is 0. The molecule has 0 bridgehead atoms. The van der Waals surface area contributed by atoms with Crippen LogP contribution in [-0.2, 0) is 16.1 Å². The molecule has 0 saturated carbocycles. The number of rotatable bonds is 5. The number of anilines is 2. The Balaban J connectivity index is 1.46. The van der Waals surface area contributed by atoms with Gasteiger partial charge in [-0.3, -0.25) is 9.69 Å². The molecule has 0 radical (unpaired) electrons. The summed E-state index contributed by atoms with van der Waals surface area (Å²) < 4.78 is 25.0. The molecule has 1 atom stereocenters. The number of methoxy groups -OCH3 is 1. The first kappa shape index (κ1) is 19.0. The summed E-state index contributed by atoms with van der Waals surface area (Å²) in [6.45, 7) is 3.01. The second-order valence-electron chi connectivity index (χ2n) is 7.22. The van der Waals surface area contributed by atoms with E-state index in [1.54, 1.807) is 36.0 Å². The number of benzene rings is 2. The van der Waals surface area contributed by atoms with Crippen molar-refractivity contribution < 1.29 is 23.5 Å². The van der Waals surface area contributed by atoms with Crippen LogP contribution in [0.25, 0.3) is 0 Å². The zero-order valence-corrected chi connectivity index (χ0v) is 16.3. The third kappa shape index (κ3) is 3.83. The summed E-state index contributed by atoms with van der Waals surface area (Å²) in [5.41, 5.74) is 1.75. The molecule has 2 aromatic carbocycles. The molecule has 0 N–H and O–H groups in total. The van der Waals surface area contributed by atoms with Gasteiger partial charge in [0.25, 0.3) is 0 Å². The van der Waals surface area contributed by atoms with Gasteiger partial charge in [-0.2, -0.15) is 0 Å². The van der Waals surface area contributed by atoms with Crippen LogP contribution in [0.5, 0.6) is 5.75 Å². The summed E-state index contributed by atoms with van der Waals surface area (Å²) in [5.74, 6) is 0.205. The summed E-state index contributed by atoms with van der Waals surface area (Å²) in [6, 6.07) is 12.1. The molecule has 0 aliphatic carbocycles. The fourth-order valence-corrected chi connectivity index (χ4v) is 3.58. The first-order valence-electron chi connectivity index (χ1n) is 9.38. The van der Waals surface area contributed by atoms with Gasteiger partial charge >= 0.3 is 6.09 Å². The summed E-state index contributed by atoms with van der Waals surface area (Å²) >= 11 is 0. The minimum Gasteiger partial charge on any atom is -0.497 e. The van der Waals surface area contributed by atoms with E-state index in [0.29, 0.717) is 31.1 Å². The zero-order valence-electron chi connectivity index (χ0n) is 16.3. The number of hydrogen-bond donors (Lipinski definition) is 0. The highest BCUT2D eigenvalue weighted by Crippen LogP contribution is 2.29. The van der Waals surface area contributed by atoms with E-state index in [0.717, 1.165) is 11.3 Å². The third-order valence-electron chi connectivity index (χ3n) is 5.10. The highest BCUT2D eigenvalue weighted by molar-refractivity contribution is 5.90. The van der Waals surface area contributed by atoms with Gasteiger partial charge in [0.05, 0.1) is 38.2 Å². The van der Waals surface area contributed by atoms with Crippen molar-refractivity contribution in [1.29, 1.82) is 0 Å². The fourth-order valence-electron chi connectivity index (χ4n) is 3.58. The molecule has 2 amide bonds. The van der Waals surface area contributed by atoms with Gasteiger partial charge in [-0.1, -0.05) is 12.1 Å². The molecule has 4 rings (SSSR count). The minimum atomic E-state index is -0.480. The van der Waals surface area contributed by atoms with Gasteiger partial charge in [0.15, 0.2) is 0 Å². The van der Waals surface area contributed by atoms with Crippen LogP contribution in [0.15, 0.2) is 42.5 Å². The first-order chi connectivity index (χ1) is 13.9. The highest BCUT2D eigenvalue weighted by Gasteiger charge is 2.32. The second kappa shape index (κ2) is 7.62. The van der Waals surface area contributed by atoms with Crippen molar-refractivity contribution in [1.82, 2.24) is 4.90 Å². The maximum atomic E-state index is 14.8. The lowest BCUT2D eigenvalue weighted by Gasteiger charge is -2.21. The predicted octanol–water partition coefficient (Wildman–Crippen LogP) is 2.99. The largest absolute Gasteiger partial charge is 0.497 e. The zero-order chi connectivity index (χ0) is 20.5. The molecule has 2 aliphatic rings. The standard InChI is InChI=1S/C21H22FN3O4/c1-14-10-25(21(27)29-14)16-5-8-19(18(22)9-16)23-12-20(26)24(13-23)11-15-3-6-17(28-2)7-4-15/h3-9,14H,10-13H2,1-2H3. The molecular formula is C21H22FN3O4. The van der Waals surface area contributed by atoms with E-state index in [4.69, 9.17) is 9.47 Å². The predicted molar refractivity (Wildman–Crippen MR) is 105 cm³/mol. The van der Waals surface area contributed by atoms with Crippen LogP contribution in [0.4, 0.5) is 20.6 Å². The monoisotopic (exact) mass is 399 g/mol. The van der Waals surface area contributed by atoms with Gasteiger partial charge in [-0.15, -0.1) is 0 Å². The molecule has 29 heavy (non-hydrogen) atoms. The van der Waals surface area contributed by atoms with Crippen molar-refractivity contribution >= 4 is 23.4 Å². The summed E-state index contributed by atoms with van der Waals surface area (Å²) in [7, 11) is 1.60. The molecule has 1 unspecified atom stereocenters. The molecule has 2 heterocycles. The van der Waals surface area contributed by atoms with E-state index in [1.165, 1.54) is 11.0 Å². The molecule has 0 spiro atoms. The molecule has 2 fully saturated rings. The second-order valence-corrected chi connectivity index (χ2v) is 7.22. The van der Waals surface area contributed by atoms with Crippen LogP contribution in [0, 0.1) is 5.82 Å². The molecule has 152 valence electrons. The average Bonchev–Trinajstić information content (AvgIpc) is 3.23. The smallest absolute Gasteiger partial charge is 0.414 e. The molecular weight excluding hydrogens is 377 g/mol. The van der Waals surface area contributed by atoms with Crippen molar-refractivity contribution in [3.63, 3.8) is 0 Å². The maximum absolute atomic E-state index is 14.8. The quantitative estimate of drug-likeness (QED) is 0.774. The normalized spacial score (nSPS) is 19.1. The summed E-state index contributed by atoms with van der Waals surface area (Å²) in [6.07, 6.45) is -0.709. The molecule has 8 heteroatoms. The Morgan fingerprint density at radius 1 is 1.17 bits per heavy atom. The van der Waals surface area contributed by atoms with E-state index in [9.17, 15) is 14.0 Å². The van der Waals surface area contributed by atoms with E-state index in [2.05, 4.69) is 0 Å². The number of nitrogens with zero attached hydrogens (tertiary/aromatic N) is 3. The Labute approximate surface area is 168 Å². The Bertz CT molecular complexity index is 934. The van der Waals surface area contributed by atoms with E-state index >= 15 is 0 Å². The summed E-state index contributed by atoms with van der Waals surface area (Å²) in [4.78, 5) is 29.0. The maximum Gasteiger partial charge on any atom is 0.414 e. The van der Waals surface area contributed by atoms with Gasteiger partial charge in [-0.05, 0) is 42.8 Å². The van der Waals surface area contributed by atoms with Crippen molar-refractivity contribution in [2.24, 2.45) is 0 Å². The van der Waals surface area contributed by atoms with Gasteiger partial charge in [0.1, 0.15) is 17.7 Å². The number of cyclic esters (lactones) is 1. The number of carbonyl (C=O) groups excluding carboxylic acids is 2. The fraction of sp³-hybridized carbons (Fsp3) is 0.333. The van der Waals surface area contributed by atoms with Crippen molar-refractivity contribution in [3.8, 4) is 5.75 Å². The lowest BCUT2D eigenvalue weighted by molar-refractivity contribution is -0.127. The van der Waals surface area contributed by atoms with Crippen LogP contribution >= 0.6 is 0 Å². The Hall–Kier alpha value is -3.29. The average molecular weight is 399 g/mol. The third-order valence-corrected chi connectivity index (χ3v) is 5.10. The van der Waals surface area contributed by atoms with Crippen molar-refractivity contribution in [3.05, 3.63) is 53.8 Å². The first-order valence-corrected chi connectivity index (χ1v) is 9.38. The highest BCUT2D eigenvalue weighted by atomic mass is 19.1. The molecule has 2 aliphatic heterocycles.